The molecule has 82 valence electrons. The number of carbonyl (C=O) groups excluding carboxylic acids is 1. The summed E-state index contributed by atoms with van der Waals surface area (Å²) in [6.07, 6.45) is 0. The van der Waals surface area contributed by atoms with Crippen molar-refractivity contribution in [2.24, 2.45) is 0 Å². The fraction of sp³-hybridized carbons (Fsp3) is 0.545. The van der Waals surface area contributed by atoms with Gasteiger partial charge in [-0.1, -0.05) is 13.8 Å². The second-order valence-corrected chi connectivity index (χ2v) is 4.56. The van der Waals surface area contributed by atoms with Gasteiger partial charge in [0, 0.05) is 24.2 Å². The lowest BCUT2D eigenvalue weighted by Crippen LogP contribution is -2.38. The largest absolute Gasteiger partial charge is 0.464 e. The normalized spacial score (nSPS) is 18.3. The van der Waals surface area contributed by atoms with Gasteiger partial charge in [-0.2, -0.15) is 0 Å². The lowest BCUT2D eigenvalue weighted by Gasteiger charge is -2.30. The Kier molecular flexibility index (Phi) is 2.31. The Hall–Kier alpha value is -1.29. The van der Waals surface area contributed by atoms with Gasteiger partial charge in [0.25, 0.3) is 0 Å². The zero-order valence-corrected chi connectivity index (χ0v) is 9.31. The molecular formula is C11H16N2O2. The van der Waals surface area contributed by atoms with Crippen LogP contribution in [0.4, 0.5) is 0 Å². The Morgan fingerprint density at radius 1 is 1.53 bits per heavy atom. The van der Waals surface area contributed by atoms with E-state index in [0.29, 0.717) is 5.69 Å². The molecule has 1 aromatic heterocycles. The number of H-pyrrole nitrogens is 1. The Bertz CT molecular complexity index is 393. The first-order valence-corrected chi connectivity index (χ1v) is 5.06. The molecule has 0 saturated heterocycles. The van der Waals surface area contributed by atoms with Gasteiger partial charge in [0.2, 0.25) is 0 Å². The summed E-state index contributed by atoms with van der Waals surface area (Å²) in [6.45, 7) is 6.03. The lowest BCUT2D eigenvalue weighted by molar-refractivity contribution is 0.0594. The standard InChI is InChI=1S/C11H16N2O2/c1-11(2)6-12-5-7-4-8(10(14)15-3)13-9(7)11/h4,12-13H,5-6H2,1-3H3. The zero-order chi connectivity index (χ0) is 11.1. The van der Waals surface area contributed by atoms with Gasteiger partial charge in [0.15, 0.2) is 0 Å². The predicted molar refractivity (Wildman–Crippen MR) is 56.9 cm³/mol. The number of esters is 1. The molecule has 1 aliphatic rings. The lowest BCUT2D eigenvalue weighted by atomic mass is 9.84. The second-order valence-electron chi connectivity index (χ2n) is 4.56. The summed E-state index contributed by atoms with van der Waals surface area (Å²) in [4.78, 5) is 14.5. The molecule has 0 amide bonds. The summed E-state index contributed by atoms with van der Waals surface area (Å²) in [6, 6.07) is 1.87. The van der Waals surface area contributed by atoms with Gasteiger partial charge in [0.1, 0.15) is 5.69 Å². The quantitative estimate of drug-likeness (QED) is 0.681. The summed E-state index contributed by atoms with van der Waals surface area (Å²) in [7, 11) is 1.39. The average molecular weight is 208 g/mol. The monoisotopic (exact) mass is 208 g/mol. The summed E-state index contributed by atoms with van der Waals surface area (Å²) in [5.41, 5.74) is 2.88. The van der Waals surface area contributed by atoms with E-state index in [4.69, 9.17) is 4.74 Å². The van der Waals surface area contributed by atoms with Crippen molar-refractivity contribution in [3.63, 3.8) is 0 Å². The number of methoxy groups -OCH3 is 1. The molecule has 1 aromatic rings. The van der Waals surface area contributed by atoms with E-state index in [9.17, 15) is 4.79 Å². The molecule has 0 aromatic carbocycles. The van der Waals surface area contributed by atoms with Crippen LogP contribution in [0.25, 0.3) is 0 Å². The predicted octanol–water partition coefficient (Wildman–Crippen LogP) is 1.18. The highest BCUT2D eigenvalue weighted by Gasteiger charge is 2.30. The third kappa shape index (κ3) is 1.65. The van der Waals surface area contributed by atoms with Crippen molar-refractivity contribution in [1.82, 2.24) is 10.3 Å². The zero-order valence-electron chi connectivity index (χ0n) is 9.31. The van der Waals surface area contributed by atoms with Gasteiger partial charge in [-0.05, 0) is 11.6 Å². The molecule has 0 bridgehead atoms. The van der Waals surface area contributed by atoms with Crippen molar-refractivity contribution in [3.05, 3.63) is 23.0 Å². The van der Waals surface area contributed by atoms with E-state index < -0.39 is 0 Å². The Labute approximate surface area is 89.0 Å². The highest BCUT2D eigenvalue weighted by Crippen LogP contribution is 2.29. The molecule has 1 aliphatic heterocycles. The van der Waals surface area contributed by atoms with Gasteiger partial charge < -0.3 is 15.0 Å². The SMILES string of the molecule is COC(=O)c1cc2c([nH]1)C(C)(C)CNC2. The van der Waals surface area contributed by atoms with E-state index in [1.54, 1.807) is 0 Å². The molecule has 2 heterocycles. The Balaban J connectivity index is 2.42. The molecule has 2 rings (SSSR count). The maximum atomic E-state index is 11.4. The number of carbonyl (C=O) groups is 1. The molecule has 2 N–H and O–H groups in total. The van der Waals surface area contributed by atoms with Crippen LogP contribution < -0.4 is 5.32 Å². The van der Waals surface area contributed by atoms with Crippen LogP contribution in [0.3, 0.4) is 0 Å². The van der Waals surface area contributed by atoms with Crippen LogP contribution in [0.15, 0.2) is 6.07 Å². The van der Waals surface area contributed by atoms with Crippen LogP contribution in [-0.4, -0.2) is 24.6 Å². The first-order chi connectivity index (χ1) is 7.04. The minimum Gasteiger partial charge on any atom is -0.464 e. The Morgan fingerprint density at radius 3 is 2.87 bits per heavy atom. The third-order valence-corrected chi connectivity index (χ3v) is 2.86. The molecule has 0 unspecified atom stereocenters. The number of hydrogen-bond donors (Lipinski definition) is 2. The molecule has 0 atom stereocenters. The second kappa shape index (κ2) is 3.38. The first-order valence-electron chi connectivity index (χ1n) is 5.06. The maximum Gasteiger partial charge on any atom is 0.354 e. The van der Waals surface area contributed by atoms with Crippen molar-refractivity contribution >= 4 is 5.97 Å². The van der Waals surface area contributed by atoms with Crippen LogP contribution in [0, 0.1) is 0 Å². The van der Waals surface area contributed by atoms with Crippen molar-refractivity contribution in [2.45, 2.75) is 25.8 Å². The third-order valence-electron chi connectivity index (χ3n) is 2.86. The average Bonchev–Trinajstić information content (AvgIpc) is 2.61. The molecule has 4 heteroatoms. The van der Waals surface area contributed by atoms with Gasteiger partial charge >= 0.3 is 5.97 Å². The van der Waals surface area contributed by atoms with Crippen molar-refractivity contribution in [3.8, 4) is 0 Å². The number of hydrogen-bond acceptors (Lipinski definition) is 3. The van der Waals surface area contributed by atoms with Gasteiger partial charge in [0.05, 0.1) is 7.11 Å². The maximum absolute atomic E-state index is 11.4. The fourth-order valence-corrected chi connectivity index (χ4v) is 2.06. The van der Waals surface area contributed by atoms with Gasteiger partial charge in [-0.15, -0.1) is 0 Å². The molecule has 0 radical (unpaired) electrons. The number of nitrogens with one attached hydrogen (secondary N) is 2. The number of rotatable bonds is 1. The molecule has 0 spiro atoms. The summed E-state index contributed by atoms with van der Waals surface area (Å²) < 4.78 is 4.69. The summed E-state index contributed by atoms with van der Waals surface area (Å²) in [5.74, 6) is -0.305. The van der Waals surface area contributed by atoms with Crippen molar-refractivity contribution in [2.75, 3.05) is 13.7 Å². The number of aromatic amines is 1. The molecule has 4 nitrogen and oxygen atoms in total. The van der Waals surface area contributed by atoms with E-state index >= 15 is 0 Å². The van der Waals surface area contributed by atoms with E-state index in [1.165, 1.54) is 7.11 Å². The van der Waals surface area contributed by atoms with E-state index in [1.807, 2.05) is 6.07 Å². The minimum atomic E-state index is -0.305. The van der Waals surface area contributed by atoms with E-state index in [0.717, 1.165) is 24.3 Å². The summed E-state index contributed by atoms with van der Waals surface area (Å²) in [5, 5.41) is 3.33. The van der Waals surface area contributed by atoms with Gasteiger partial charge in [-0.3, -0.25) is 0 Å². The molecule has 0 saturated carbocycles. The van der Waals surface area contributed by atoms with Crippen LogP contribution in [0.1, 0.15) is 35.6 Å². The molecule has 0 fully saturated rings. The number of ether oxygens (including phenoxy) is 1. The van der Waals surface area contributed by atoms with Crippen LogP contribution in [0.2, 0.25) is 0 Å². The highest BCUT2D eigenvalue weighted by atomic mass is 16.5. The molecule has 15 heavy (non-hydrogen) atoms. The number of fused-ring (bicyclic) bond motifs is 1. The van der Waals surface area contributed by atoms with Crippen molar-refractivity contribution < 1.29 is 9.53 Å². The minimum absolute atomic E-state index is 0.0415. The van der Waals surface area contributed by atoms with Gasteiger partial charge in [-0.25, -0.2) is 4.79 Å². The van der Waals surface area contributed by atoms with Crippen molar-refractivity contribution in [1.29, 1.82) is 0 Å². The topological polar surface area (TPSA) is 54.1 Å². The smallest absolute Gasteiger partial charge is 0.354 e. The fourth-order valence-electron chi connectivity index (χ4n) is 2.06. The van der Waals surface area contributed by atoms with Crippen LogP contribution in [0.5, 0.6) is 0 Å². The Morgan fingerprint density at radius 2 is 2.27 bits per heavy atom. The van der Waals surface area contributed by atoms with Crippen LogP contribution >= 0.6 is 0 Å². The highest BCUT2D eigenvalue weighted by molar-refractivity contribution is 5.87. The summed E-state index contributed by atoms with van der Waals surface area (Å²) >= 11 is 0. The van der Waals surface area contributed by atoms with E-state index in [2.05, 4.69) is 24.1 Å². The van der Waals surface area contributed by atoms with E-state index in [-0.39, 0.29) is 11.4 Å². The molecular weight excluding hydrogens is 192 g/mol. The first kappa shape index (κ1) is 10.2. The molecule has 0 aliphatic carbocycles. The van der Waals surface area contributed by atoms with Crippen LogP contribution in [-0.2, 0) is 16.7 Å². The number of aromatic nitrogens is 1.